The van der Waals surface area contributed by atoms with Gasteiger partial charge in [-0.1, -0.05) is 0 Å². The van der Waals surface area contributed by atoms with Crippen LogP contribution in [-0.4, -0.2) is 26.2 Å². The first-order valence-corrected chi connectivity index (χ1v) is 14.7. The maximum atomic E-state index is 9.80. The quantitative estimate of drug-likeness (QED) is 0.703. The molecule has 0 amide bonds. The van der Waals surface area contributed by atoms with Crippen LogP contribution in [0.15, 0.2) is 24.3 Å². The fourth-order valence-electron chi connectivity index (χ4n) is 2.22. The van der Waals surface area contributed by atoms with Crippen molar-refractivity contribution >= 4 is 41.1 Å². The molecule has 0 radical (unpaired) electrons. The van der Waals surface area contributed by atoms with Crippen LogP contribution in [-0.2, 0) is 0 Å². The summed E-state index contributed by atoms with van der Waals surface area (Å²) in [5, 5.41) is 19.6. The Hall–Kier alpha value is -0.590. The van der Waals surface area contributed by atoms with Crippen molar-refractivity contribution in [3.8, 4) is 11.5 Å². The Bertz CT molecular complexity index is 652. The molecule has 0 spiro atoms. The van der Waals surface area contributed by atoms with Gasteiger partial charge in [0.2, 0.25) is 0 Å². The number of hydrogen-bond acceptors (Lipinski definition) is 2. The van der Waals surface area contributed by atoms with Crippen molar-refractivity contribution in [2.24, 2.45) is 0 Å². The standard InChI is InChI=1S/C16H18Cl2O2Te/c1-9-7-15(11(3)5-13(9)19)21(17,18)16-8-10(2)14(20)6-12(16)4/h5-8,19-20H,1-4H3. The molecule has 0 aliphatic heterocycles. The molecular weight excluding hydrogens is 423 g/mol. The molecule has 114 valence electrons. The first kappa shape index (κ1) is 16.8. The van der Waals surface area contributed by atoms with E-state index in [4.69, 9.17) is 17.9 Å². The average Bonchev–Trinajstić information content (AvgIpc) is 2.37. The molecule has 0 aromatic heterocycles. The summed E-state index contributed by atoms with van der Waals surface area (Å²) >= 11 is -3.55. The number of aryl methyl sites for hydroxylation is 4. The molecule has 0 aliphatic rings. The van der Waals surface area contributed by atoms with E-state index in [2.05, 4.69) is 0 Å². The Morgan fingerprint density at radius 2 is 1.00 bits per heavy atom. The van der Waals surface area contributed by atoms with Crippen molar-refractivity contribution in [2.75, 3.05) is 0 Å². The van der Waals surface area contributed by atoms with Gasteiger partial charge in [0, 0.05) is 0 Å². The van der Waals surface area contributed by atoms with Crippen molar-refractivity contribution in [1.29, 1.82) is 0 Å². The second kappa shape index (κ2) is 5.89. The van der Waals surface area contributed by atoms with Gasteiger partial charge < -0.3 is 0 Å². The van der Waals surface area contributed by atoms with Gasteiger partial charge >= 0.3 is 137 Å². The molecule has 2 rings (SSSR count). The van der Waals surface area contributed by atoms with E-state index in [0.717, 1.165) is 29.5 Å². The summed E-state index contributed by atoms with van der Waals surface area (Å²) in [4.78, 5) is 0. The van der Waals surface area contributed by atoms with Crippen molar-refractivity contribution in [2.45, 2.75) is 27.7 Å². The van der Waals surface area contributed by atoms with Crippen LogP contribution in [0.3, 0.4) is 0 Å². The second-order valence-electron chi connectivity index (χ2n) is 5.28. The Balaban J connectivity index is 2.67. The molecule has 0 heterocycles. The molecule has 5 heteroatoms. The van der Waals surface area contributed by atoms with Crippen molar-refractivity contribution in [1.82, 2.24) is 0 Å². The van der Waals surface area contributed by atoms with E-state index in [0.29, 0.717) is 0 Å². The third-order valence-corrected chi connectivity index (χ3v) is 13.7. The molecule has 0 fully saturated rings. The summed E-state index contributed by atoms with van der Waals surface area (Å²) < 4.78 is 1.84. The summed E-state index contributed by atoms with van der Waals surface area (Å²) in [5.41, 5.74) is 3.32. The van der Waals surface area contributed by atoms with Crippen LogP contribution in [0.5, 0.6) is 11.5 Å². The van der Waals surface area contributed by atoms with E-state index in [9.17, 15) is 10.2 Å². The summed E-state index contributed by atoms with van der Waals surface area (Å²) in [5.74, 6) is 0.503. The fraction of sp³-hybridized carbons (Fsp3) is 0.250. The number of phenolic OH excluding ortho intramolecular Hbond substituents is 2. The zero-order valence-electron chi connectivity index (χ0n) is 12.4. The molecule has 21 heavy (non-hydrogen) atoms. The van der Waals surface area contributed by atoms with Crippen LogP contribution >= 0.6 is 17.9 Å². The minimum absolute atomic E-state index is 0.252. The molecule has 2 aromatic rings. The zero-order valence-corrected chi connectivity index (χ0v) is 16.2. The van der Waals surface area contributed by atoms with Crippen LogP contribution in [0.2, 0.25) is 0 Å². The van der Waals surface area contributed by atoms with Crippen LogP contribution in [0.4, 0.5) is 0 Å². The Kier molecular flexibility index (Phi) is 4.71. The first-order valence-electron chi connectivity index (χ1n) is 6.47. The third-order valence-electron chi connectivity index (χ3n) is 3.54. The first-order chi connectivity index (χ1) is 9.64. The monoisotopic (exact) mass is 442 g/mol. The summed E-state index contributed by atoms with van der Waals surface area (Å²) in [7, 11) is 13.7. The van der Waals surface area contributed by atoms with Crippen molar-refractivity contribution in [3.63, 3.8) is 0 Å². The molecule has 0 saturated heterocycles. The topological polar surface area (TPSA) is 40.5 Å². The van der Waals surface area contributed by atoms with Gasteiger partial charge in [0.15, 0.2) is 0 Å². The predicted molar refractivity (Wildman–Crippen MR) is 91.9 cm³/mol. The average molecular weight is 441 g/mol. The van der Waals surface area contributed by atoms with Gasteiger partial charge in [-0.3, -0.25) is 0 Å². The summed E-state index contributed by atoms with van der Waals surface area (Å²) in [6.07, 6.45) is 0. The van der Waals surface area contributed by atoms with E-state index in [-0.39, 0.29) is 11.5 Å². The number of phenols is 2. The molecular formula is C16H18Cl2O2Te. The predicted octanol–water partition coefficient (Wildman–Crippen LogP) is 3.37. The van der Waals surface area contributed by atoms with Gasteiger partial charge in [0.25, 0.3) is 0 Å². The minimum atomic E-state index is -3.55. The van der Waals surface area contributed by atoms with Crippen molar-refractivity contribution < 1.29 is 10.2 Å². The molecule has 0 unspecified atom stereocenters. The maximum absolute atomic E-state index is 9.80. The van der Waals surface area contributed by atoms with Crippen LogP contribution in [0, 0.1) is 27.7 Å². The normalized spacial score (nSPS) is 12.5. The zero-order chi connectivity index (χ0) is 15.9. The SMILES string of the molecule is Cc1cc([Te](Cl)(Cl)c2cc(C)c(O)cc2C)c(C)cc1O. The van der Waals surface area contributed by atoms with E-state index in [1.54, 1.807) is 12.1 Å². The number of hydrogen-bond donors (Lipinski definition) is 2. The van der Waals surface area contributed by atoms with Gasteiger partial charge in [0.1, 0.15) is 0 Å². The van der Waals surface area contributed by atoms with Crippen LogP contribution < -0.4 is 7.22 Å². The Labute approximate surface area is 136 Å². The summed E-state index contributed by atoms with van der Waals surface area (Å²) in [6, 6.07) is 7.18. The number of rotatable bonds is 2. The van der Waals surface area contributed by atoms with E-state index in [1.807, 2.05) is 39.8 Å². The number of aromatic hydroxyl groups is 2. The van der Waals surface area contributed by atoms with Crippen molar-refractivity contribution in [3.05, 3.63) is 46.5 Å². The molecule has 0 saturated carbocycles. The van der Waals surface area contributed by atoms with Gasteiger partial charge in [0.05, 0.1) is 0 Å². The van der Waals surface area contributed by atoms with Gasteiger partial charge in [-0.05, 0) is 0 Å². The van der Waals surface area contributed by atoms with E-state index >= 15 is 0 Å². The molecule has 0 aliphatic carbocycles. The molecule has 2 N–H and O–H groups in total. The molecule has 0 atom stereocenters. The Morgan fingerprint density at radius 3 is 1.33 bits per heavy atom. The third kappa shape index (κ3) is 3.12. The van der Waals surface area contributed by atoms with E-state index < -0.39 is 15.9 Å². The molecule has 2 aromatic carbocycles. The second-order valence-corrected chi connectivity index (χ2v) is 17.7. The Morgan fingerprint density at radius 1 is 0.667 bits per heavy atom. The van der Waals surface area contributed by atoms with Crippen LogP contribution in [0.1, 0.15) is 22.3 Å². The number of benzene rings is 2. The molecule has 2 nitrogen and oxygen atoms in total. The molecule has 0 bridgehead atoms. The van der Waals surface area contributed by atoms with E-state index in [1.165, 1.54) is 0 Å². The van der Waals surface area contributed by atoms with Crippen LogP contribution in [0.25, 0.3) is 0 Å². The number of halogens is 2. The summed E-state index contributed by atoms with van der Waals surface area (Å²) in [6.45, 7) is 7.48. The van der Waals surface area contributed by atoms with Gasteiger partial charge in [-0.2, -0.15) is 0 Å². The van der Waals surface area contributed by atoms with Gasteiger partial charge in [-0.15, -0.1) is 0 Å². The van der Waals surface area contributed by atoms with Gasteiger partial charge in [-0.25, -0.2) is 0 Å². The fourth-order valence-corrected chi connectivity index (χ4v) is 11.9.